The Morgan fingerprint density at radius 1 is 1.63 bits per heavy atom. The topological polar surface area (TPSA) is 72.4 Å². The van der Waals surface area contributed by atoms with Gasteiger partial charge < -0.3 is 5.73 Å². The zero-order valence-corrected chi connectivity index (χ0v) is 11.6. The summed E-state index contributed by atoms with van der Waals surface area (Å²) in [7, 11) is 0. The maximum Gasteiger partial charge on any atom is 0.273 e. The highest BCUT2D eigenvalue weighted by Gasteiger charge is 2.26. The zero-order chi connectivity index (χ0) is 14.0. The summed E-state index contributed by atoms with van der Waals surface area (Å²) in [5, 5.41) is 11.5. The molecule has 1 aromatic carbocycles. The maximum atomic E-state index is 11.0. The van der Waals surface area contributed by atoms with Crippen LogP contribution in [0.1, 0.15) is 18.9 Å². The highest BCUT2D eigenvalue weighted by molar-refractivity contribution is 6.30. The molecule has 2 atom stereocenters. The van der Waals surface area contributed by atoms with Crippen molar-refractivity contribution in [3.05, 3.63) is 38.9 Å². The van der Waals surface area contributed by atoms with Crippen molar-refractivity contribution in [2.24, 2.45) is 11.7 Å². The predicted molar refractivity (Wildman–Crippen MR) is 75.1 cm³/mol. The molecule has 0 aliphatic carbocycles. The van der Waals surface area contributed by atoms with E-state index >= 15 is 0 Å². The van der Waals surface area contributed by atoms with Crippen LogP contribution in [0.25, 0.3) is 0 Å². The number of nitrogens with two attached hydrogens (primary N) is 1. The number of likely N-dealkylation sites (tertiary alicyclic amines) is 1. The lowest BCUT2D eigenvalue weighted by Gasteiger charge is -2.17. The molecular weight excluding hydrogens is 266 g/mol. The van der Waals surface area contributed by atoms with Gasteiger partial charge in [0.1, 0.15) is 0 Å². The van der Waals surface area contributed by atoms with Crippen LogP contribution in [0.3, 0.4) is 0 Å². The van der Waals surface area contributed by atoms with Crippen LogP contribution in [0.2, 0.25) is 5.02 Å². The Balaban J connectivity index is 2.11. The molecular formula is C13H18ClN3O2. The van der Waals surface area contributed by atoms with Crippen molar-refractivity contribution in [2.75, 3.05) is 13.1 Å². The fourth-order valence-corrected chi connectivity index (χ4v) is 2.73. The van der Waals surface area contributed by atoms with Crippen LogP contribution < -0.4 is 5.73 Å². The lowest BCUT2D eigenvalue weighted by Crippen LogP contribution is -2.29. The largest absolute Gasteiger partial charge is 0.328 e. The molecule has 1 saturated heterocycles. The minimum atomic E-state index is -0.356. The van der Waals surface area contributed by atoms with Gasteiger partial charge in [-0.3, -0.25) is 15.0 Å². The number of nitro benzene ring substituents is 1. The molecule has 1 aromatic rings. The van der Waals surface area contributed by atoms with Crippen molar-refractivity contribution in [1.82, 2.24) is 4.90 Å². The molecule has 0 aromatic heterocycles. The van der Waals surface area contributed by atoms with E-state index in [1.807, 2.05) is 6.92 Å². The lowest BCUT2D eigenvalue weighted by molar-refractivity contribution is -0.385. The Morgan fingerprint density at radius 2 is 2.37 bits per heavy atom. The van der Waals surface area contributed by atoms with Crippen LogP contribution in [0.15, 0.2) is 18.2 Å². The standard InChI is InChI=1S/C13H18ClN3O2/c1-9(15)10-4-5-16(7-10)8-11-6-12(14)2-3-13(11)17(18)19/h2-3,6,9-10H,4-5,7-8,15H2,1H3. The molecule has 1 fully saturated rings. The van der Waals surface area contributed by atoms with Crippen LogP contribution >= 0.6 is 11.6 Å². The van der Waals surface area contributed by atoms with Gasteiger partial charge in [0.05, 0.1) is 4.92 Å². The number of nitrogens with zero attached hydrogens (tertiary/aromatic N) is 2. The summed E-state index contributed by atoms with van der Waals surface area (Å²) in [5.74, 6) is 0.471. The van der Waals surface area contributed by atoms with Crippen LogP contribution in [-0.4, -0.2) is 29.0 Å². The van der Waals surface area contributed by atoms with Crippen molar-refractivity contribution in [2.45, 2.75) is 25.9 Å². The van der Waals surface area contributed by atoms with E-state index in [1.54, 1.807) is 12.1 Å². The molecule has 0 radical (unpaired) electrons. The second-order valence-corrected chi connectivity index (χ2v) is 5.61. The third kappa shape index (κ3) is 3.43. The monoisotopic (exact) mass is 283 g/mol. The number of benzene rings is 1. The third-order valence-corrected chi connectivity index (χ3v) is 3.92. The molecule has 0 amide bonds. The van der Waals surface area contributed by atoms with Gasteiger partial charge in [-0.1, -0.05) is 11.6 Å². The molecule has 1 aliphatic heterocycles. The highest BCUT2D eigenvalue weighted by Crippen LogP contribution is 2.27. The summed E-state index contributed by atoms with van der Waals surface area (Å²) < 4.78 is 0. The Morgan fingerprint density at radius 3 is 2.95 bits per heavy atom. The Labute approximate surface area is 117 Å². The molecule has 6 heteroatoms. The van der Waals surface area contributed by atoms with E-state index in [0.29, 0.717) is 23.0 Å². The first-order chi connectivity index (χ1) is 8.97. The van der Waals surface area contributed by atoms with Gasteiger partial charge in [-0.15, -0.1) is 0 Å². The Kier molecular flexibility index (Phi) is 4.39. The average molecular weight is 284 g/mol. The molecule has 2 rings (SSSR count). The summed E-state index contributed by atoms with van der Waals surface area (Å²) in [6, 6.07) is 4.87. The highest BCUT2D eigenvalue weighted by atomic mass is 35.5. The van der Waals surface area contributed by atoms with Crippen molar-refractivity contribution in [1.29, 1.82) is 0 Å². The van der Waals surface area contributed by atoms with Crippen molar-refractivity contribution < 1.29 is 4.92 Å². The fraction of sp³-hybridized carbons (Fsp3) is 0.538. The van der Waals surface area contributed by atoms with Crippen molar-refractivity contribution in [3.8, 4) is 0 Å². The van der Waals surface area contributed by atoms with Gasteiger partial charge in [0.25, 0.3) is 5.69 Å². The lowest BCUT2D eigenvalue weighted by atomic mass is 10.0. The van der Waals surface area contributed by atoms with E-state index in [-0.39, 0.29) is 16.7 Å². The molecule has 1 heterocycles. The van der Waals surface area contributed by atoms with Crippen molar-refractivity contribution >= 4 is 17.3 Å². The number of nitro groups is 1. The molecule has 0 saturated carbocycles. The van der Waals surface area contributed by atoms with Crippen LogP contribution in [0.5, 0.6) is 0 Å². The first-order valence-corrected chi connectivity index (χ1v) is 6.76. The second kappa shape index (κ2) is 5.86. The third-order valence-electron chi connectivity index (χ3n) is 3.68. The van der Waals surface area contributed by atoms with E-state index < -0.39 is 0 Å². The van der Waals surface area contributed by atoms with Crippen LogP contribution in [0, 0.1) is 16.0 Å². The predicted octanol–water partition coefficient (Wildman–Crippen LogP) is 2.42. The van der Waals surface area contributed by atoms with E-state index in [9.17, 15) is 10.1 Å². The van der Waals surface area contributed by atoms with Gasteiger partial charge in [0, 0.05) is 35.8 Å². The van der Waals surface area contributed by atoms with Gasteiger partial charge in [-0.05, 0) is 37.9 Å². The Bertz CT molecular complexity index is 479. The summed E-state index contributed by atoms with van der Waals surface area (Å²) in [6.45, 7) is 4.38. The van der Waals surface area contributed by atoms with E-state index in [1.165, 1.54) is 6.07 Å². The second-order valence-electron chi connectivity index (χ2n) is 5.17. The van der Waals surface area contributed by atoms with Gasteiger partial charge >= 0.3 is 0 Å². The number of hydrogen-bond acceptors (Lipinski definition) is 4. The minimum Gasteiger partial charge on any atom is -0.328 e. The van der Waals surface area contributed by atoms with Crippen LogP contribution in [-0.2, 0) is 6.54 Å². The average Bonchev–Trinajstić information content (AvgIpc) is 2.77. The molecule has 2 unspecified atom stereocenters. The summed E-state index contributed by atoms with van der Waals surface area (Å²) in [5.41, 5.74) is 6.70. The van der Waals surface area contributed by atoms with Crippen molar-refractivity contribution in [3.63, 3.8) is 0 Å². The maximum absolute atomic E-state index is 11.0. The first-order valence-electron chi connectivity index (χ1n) is 6.38. The summed E-state index contributed by atoms with van der Waals surface area (Å²) in [6.07, 6.45) is 1.05. The van der Waals surface area contributed by atoms with Gasteiger partial charge in [-0.2, -0.15) is 0 Å². The molecule has 104 valence electrons. The summed E-state index contributed by atoms with van der Waals surface area (Å²) in [4.78, 5) is 12.8. The SMILES string of the molecule is CC(N)C1CCN(Cc2cc(Cl)ccc2[N+](=O)[O-])C1. The molecule has 2 N–H and O–H groups in total. The first kappa shape index (κ1) is 14.2. The van der Waals surface area contributed by atoms with E-state index in [4.69, 9.17) is 17.3 Å². The normalized spacial score (nSPS) is 21.5. The molecule has 0 bridgehead atoms. The molecule has 0 spiro atoms. The quantitative estimate of drug-likeness (QED) is 0.680. The van der Waals surface area contributed by atoms with Crippen LogP contribution in [0.4, 0.5) is 5.69 Å². The zero-order valence-electron chi connectivity index (χ0n) is 10.9. The molecule has 5 nitrogen and oxygen atoms in total. The van der Waals surface area contributed by atoms with Gasteiger partial charge in [0.15, 0.2) is 0 Å². The van der Waals surface area contributed by atoms with E-state index in [2.05, 4.69) is 4.90 Å². The van der Waals surface area contributed by atoms with Gasteiger partial charge in [0.2, 0.25) is 0 Å². The van der Waals surface area contributed by atoms with Gasteiger partial charge in [-0.25, -0.2) is 0 Å². The smallest absolute Gasteiger partial charge is 0.273 e. The summed E-state index contributed by atoms with van der Waals surface area (Å²) >= 11 is 5.92. The number of hydrogen-bond donors (Lipinski definition) is 1. The Hall–Kier alpha value is -1.17. The minimum absolute atomic E-state index is 0.133. The van der Waals surface area contributed by atoms with E-state index in [0.717, 1.165) is 19.5 Å². The fourth-order valence-electron chi connectivity index (χ4n) is 2.54. The number of halogens is 1. The molecule has 1 aliphatic rings. The molecule has 19 heavy (non-hydrogen) atoms. The number of rotatable bonds is 4.